The Morgan fingerprint density at radius 3 is 2.95 bits per heavy atom. The number of ether oxygens (including phenoxy) is 1. The molecule has 21 heavy (non-hydrogen) atoms. The molecule has 0 saturated carbocycles. The zero-order valence-electron chi connectivity index (χ0n) is 12.6. The molecule has 0 spiro atoms. The summed E-state index contributed by atoms with van der Waals surface area (Å²) >= 11 is 0. The fourth-order valence-electron chi connectivity index (χ4n) is 2.13. The third-order valence-electron chi connectivity index (χ3n) is 3.32. The molecule has 0 radical (unpaired) electrons. The van der Waals surface area contributed by atoms with Crippen LogP contribution in [0, 0.1) is 5.82 Å². The van der Waals surface area contributed by atoms with Gasteiger partial charge >= 0.3 is 0 Å². The van der Waals surface area contributed by atoms with E-state index in [2.05, 4.69) is 22.2 Å². The molecule has 0 amide bonds. The van der Waals surface area contributed by atoms with E-state index < -0.39 is 0 Å². The molecule has 0 aliphatic rings. The largest absolute Gasteiger partial charge is 0.381 e. The highest BCUT2D eigenvalue weighted by molar-refractivity contribution is 5.74. The Labute approximate surface area is 125 Å². The van der Waals surface area contributed by atoms with Crippen molar-refractivity contribution < 1.29 is 9.13 Å². The molecule has 0 fully saturated rings. The number of aromatic amines is 1. The normalized spacial score (nSPS) is 11.3. The Morgan fingerprint density at radius 1 is 1.24 bits per heavy atom. The summed E-state index contributed by atoms with van der Waals surface area (Å²) in [4.78, 5) is 7.58. The molecule has 2 rings (SSSR count). The van der Waals surface area contributed by atoms with E-state index in [4.69, 9.17) is 4.74 Å². The number of rotatable bonds is 10. The highest BCUT2D eigenvalue weighted by Gasteiger charge is 2.03. The second-order valence-electron chi connectivity index (χ2n) is 5.16. The molecule has 1 aromatic heterocycles. The van der Waals surface area contributed by atoms with Gasteiger partial charge in [-0.3, -0.25) is 0 Å². The van der Waals surface area contributed by atoms with Crippen LogP contribution in [0.15, 0.2) is 18.2 Å². The molecule has 2 N–H and O–H groups in total. The van der Waals surface area contributed by atoms with Gasteiger partial charge in [-0.1, -0.05) is 13.3 Å². The smallest absolute Gasteiger partial charge is 0.125 e. The average Bonchev–Trinajstić information content (AvgIpc) is 2.87. The molecule has 5 heteroatoms. The monoisotopic (exact) mass is 293 g/mol. The standard InChI is InChI=1S/C16H24FN3O/c1-2-3-10-21-11-4-8-18-9-7-16-19-14-6-5-13(17)12-15(14)20-16/h5-6,12,18H,2-4,7-11H2,1H3,(H,19,20). The first-order valence-corrected chi connectivity index (χ1v) is 7.72. The third kappa shape index (κ3) is 5.44. The maximum absolute atomic E-state index is 13.1. The second kappa shape index (κ2) is 8.74. The highest BCUT2D eigenvalue weighted by Crippen LogP contribution is 2.12. The van der Waals surface area contributed by atoms with Crippen molar-refractivity contribution in [3.63, 3.8) is 0 Å². The van der Waals surface area contributed by atoms with Gasteiger partial charge in [-0.2, -0.15) is 0 Å². The van der Waals surface area contributed by atoms with Gasteiger partial charge in [0.25, 0.3) is 0 Å². The fourth-order valence-corrected chi connectivity index (χ4v) is 2.13. The van der Waals surface area contributed by atoms with Crippen LogP contribution in [0.2, 0.25) is 0 Å². The lowest BCUT2D eigenvalue weighted by Gasteiger charge is -2.04. The molecule has 1 aromatic carbocycles. The number of H-pyrrole nitrogens is 1. The van der Waals surface area contributed by atoms with E-state index in [1.54, 1.807) is 6.07 Å². The van der Waals surface area contributed by atoms with Crippen LogP contribution < -0.4 is 5.32 Å². The van der Waals surface area contributed by atoms with E-state index in [1.807, 2.05) is 0 Å². The first kappa shape index (κ1) is 15.9. The summed E-state index contributed by atoms with van der Waals surface area (Å²) in [5.41, 5.74) is 1.57. The van der Waals surface area contributed by atoms with Crippen LogP contribution in [0.5, 0.6) is 0 Å². The van der Waals surface area contributed by atoms with Gasteiger partial charge in [0.1, 0.15) is 11.6 Å². The summed E-state index contributed by atoms with van der Waals surface area (Å²) < 4.78 is 18.6. The van der Waals surface area contributed by atoms with Crippen LogP contribution in [0.3, 0.4) is 0 Å². The molecule has 116 valence electrons. The summed E-state index contributed by atoms with van der Waals surface area (Å²) in [6, 6.07) is 4.61. The summed E-state index contributed by atoms with van der Waals surface area (Å²) in [6.45, 7) is 5.65. The number of nitrogens with one attached hydrogen (secondary N) is 2. The number of hydrogen-bond acceptors (Lipinski definition) is 3. The van der Waals surface area contributed by atoms with Crippen LogP contribution >= 0.6 is 0 Å². The molecule has 4 nitrogen and oxygen atoms in total. The van der Waals surface area contributed by atoms with Crippen molar-refractivity contribution in [1.29, 1.82) is 0 Å². The van der Waals surface area contributed by atoms with Gasteiger partial charge in [0.05, 0.1) is 11.0 Å². The Morgan fingerprint density at radius 2 is 2.10 bits per heavy atom. The molecule has 1 heterocycles. The van der Waals surface area contributed by atoms with Gasteiger partial charge in [0.15, 0.2) is 0 Å². The Kier molecular flexibility index (Phi) is 6.63. The number of unbranched alkanes of at least 4 members (excludes halogenated alkanes) is 1. The molecule has 0 saturated heterocycles. The maximum atomic E-state index is 13.1. The molecule has 0 unspecified atom stereocenters. The first-order valence-electron chi connectivity index (χ1n) is 7.72. The zero-order valence-corrected chi connectivity index (χ0v) is 12.6. The minimum atomic E-state index is -0.237. The van der Waals surface area contributed by atoms with Crippen LogP contribution in [-0.4, -0.2) is 36.3 Å². The van der Waals surface area contributed by atoms with Crippen molar-refractivity contribution in [1.82, 2.24) is 15.3 Å². The van der Waals surface area contributed by atoms with Crippen LogP contribution in [-0.2, 0) is 11.2 Å². The number of nitrogens with zero attached hydrogens (tertiary/aromatic N) is 1. The van der Waals surface area contributed by atoms with Gasteiger partial charge in [0, 0.05) is 26.2 Å². The molecule has 0 atom stereocenters. The number of benzene rings is 1. The highest BCUT2D eigenvalue weighted by atomic mass is 19.1. The Hall–Kier alpha value is -1.46. The van der Waals surface area contributed by atoms with E-state index in [0.717, 1.165) is 62.4 Å². The summed E-state index contributed by atoms with van der Waals surface area (Å²) in [7, 11) is 0. The van der Waals surface area contributed by atoms with Crippen molar-refractivity contribution in [2.24, 2.45) is 0 Å². The zero-order chi connectivity index (χ0) is 14.9. The van der Waals surface area contributed by atoms with Crippen molar-refractivity contribution in [2.75, 3.05) is 26.3 Å². The lowest BCUT2D eigenvalue weighted by molar-refractivity contribution is 0.129. The van der Waals surface area contributed by atoms with Crippen LogP contribution in [0.25, 0.3) is 11.0 Å². The van der Waals surface area contributed by atoms with E-state index in [-0.39, 0.29) is 5.82 Å². The number of imidazole rings is 1. The maximum Gasteiger partial charge on any atom is 0.125 e. The molecule has 0 bridgehead atoms. The summed E-state index contributed by atoms with van der Waals surface area (Å²) in [6.07, 6.45) is 4.15. The van der Waals surface area contributed by atoms with Gasteiger partial charge in [-0.15, -0.1) is 0 Å². The number of fused-ring (bicyclic) bond motifs is 1. The van der Waals surface area contributed by atoms with E-state index in [0.29, 0.717) is 0 Å². The number of aromatic nitrogens is 2. The third-order valence-corrected chi connectivity index (χ3v) is 3.32. The van der Waals surface area contributed by atoms with E-state index in [1.165, 1.54) is 18.6 Å². The van der Waals surface area contributed by atoms with Crippen molar-refractivity contribution in [3.05, 3.63) is 29.8 Å². The van der Waals surface area contributed by atoms with Crippen molar-refractivity contribution >= 4 is 11.0 Å². The quantitative estimate of drug-likeness (QED) is 0.662. The SMILES string of the molecule is CCCCOCCCNCCc1nc2ccc(F)cc2[nH]1. The number of halogens is 1. The summed E-state index contributed by atoms with van der Waals surface area (Å²) in [5.74, 6) is 0.654. The number of hydrogen-bond donors (Lipinski definition) is 2. The van der Waals surface area contributed by atoms with Gasteiger partial charge < -0.3 is 15.0 Å². The second-order valence-corrected chi connectivity index (χ2v) is 5.16. The van der Waals surface area contributed by atoms with Gasteiger partial charge in [-0.05, 0) is 37.6 Å². The van der Waals surface area contributed by atoms with Gasteiger partial charge in [0.2, 0.25) is 0 Å². The van der Waals surface area contributed by atoms with Crippen molar-refractivity contribution in [2.45, 2.75) is 32.6 Å². The molecule has 2 aromatic rings. The Bertz CT molecular complexity index is 541. The molecule has 0 aliphatic heterocycles. The fraction of sp³-hybridized carbons (Fsp3) is 0.562. The predicted molar refractivity (Wildman–Crippen MR) is 83.0 cm³/mol. The lowest BCUT2D eigenvalue weighted by Crippen LogP contribution is -2.20. The average molecular weight is 293 g/mol. The Balaban J connectivity index is 1.59. The van der Waals surface area contributed by atoms with Crippen molar-refractivity contribution in [3.8, 4) is 0 Å². The molecular formula is C16H24FN3O. The van der Waals surface area contributed by atoms with Crippen LogP contribution in [0.4, 0.5) is 4.39 Å². The predicted octanol–water partition coefficient (Wildman–Crippen LogP) is 3.04. The topological polar surface area (TPSA) is 49.9 Å². The first-order chi connectivity index (χ1) is 10.3. The molecular weight excluding hydrogens is 269 g/mol. The summed E-state index contributed by atoms with van der Waals surface area (Å²) in [5, 5.41) is 3.37. The van der Waals surface area contributed by atoms with Crippen LogP contribution in [0.1, 0.15) is 32.0 Å². The lowest BCUT2D eigenvalue weighted by atomic mass is 10.3. The minimum Gasteiger partial charge on any atom is -0.381 e. The van der Waals surface area contributed by atoms with Gasteiger partial charge in [-0.25, -0.2) is 9.37 Å². The van der Waals surface area contributed by atoms with E-state index in [9.17, 15) is 4.39 Å². The minimum absolute atomic E-state index is 0.237. The van der Waals surface area contributed by atoms with E-state index >= 15 is 0 Å². The molecule has 0 aliphatic carbocycles.